The number of amides is 2. The molecule has 3 rings (SSSR count). The van der Waals surface area contributed by atoms with Crippen LogP contribution in [0, 0.1) is 0 Å². The summed E-state index contributed by atoms with van der Waals surface area (Å²) < 4.78 is 6.39. The quantitative estimate of drug-likeness (QED) is 0.460. The number of carbonyl (C=O) groups is 2. The van der Waals surface area contributed by atoms with Crippen LogP contribution in [-0.4, -0.2) is 34.3 Å². The molecule has 0 unspecified atom stereocenters. The van der Waals surface area contributed by atoms with Crippen molar-refractivity contribution in [2.24, 2.45) is 5.73 Å². The summed E-state index contributed by atoms with van der Waals surface area (Å²) in [6.07, 6.45) is 0. The Morgan fingerprint density at radius 3 is 2.46 bits per heavy atom. The summed E-state index contributed by atoms with van der Waals surface area (Å²) in [7, 11) is 0. The van der Waals surface area contributed by atoms with Crippen molar-refractivity contribution in [2.45, 2.75) is 4.34 Å². The smallest absolute Gasteiger partial charge is 0.236 e. The molecule has 0 aliphatic carbocycles. The summed E-state index contributed by atoms with van der Waals surface area (Å²) in [6.45, 7) is -0.174. The molecule has 4 N–H and O–H groups in total. The van der Waals surface area contributed by atoms with Gasteiger partial charge in [0.15, 0.2) is 4.34 Å². The predicted octanol–water partition coefficient (Wildman–Crippen LogP) is 2.77. The Morgan fingerprint density at radius 1 is 1.04 bits per heavy atom. The van der Waals surface area contributed by atoms with E-state index in [0.29, 0.717) is 9.47 Å². The maximum Gasteiger partial charge on any atom is 0.236 e. The van der Waals surface area contributed by atoms with Crippen molar-refractivity contribution in [1.82, 2.24) is 15.5 Å². The second-order valence-corrected chi connectivity index (χ2v) is 7.67. The number of aromatic nitrogens is 2. The molecular weight excluding hydrogens is 398 g/mol. The molecule has 0 atom stereocenters. The van der Waals surface area contributed by atoms with E-state index in [1.54, 1.807) is 0 Å². The van der Waals surface area contributed by atoms with Gasteiger partial charge in [0.2, 0.25) is 16.9 Å². The van der Waals surface area contributed by atoms with Crippen LogP contribution in [0.1, 0.15) is 0 Å². The SMILES string of the molecule is NC(=O)CNC(=O)CSc1nnc(Nc2ccc(Oc3ccccc3)cc2)s1. The summed E-state index contributed by atoms with van der Waals surface area (Å²) in [6, 6.07) is 17.0. The number of nitrogens with two attached hydrogens (primary N) is 1. The molecule has 1 aromatic heterocycles. The third kappa shape index (κ3) is 6.25. The van der Waals surface area contributed by atoms with Crippen LogP contribution in [0.4, 0.5) is 10.8 Å². The molecule has 0 radical (unpaired) electrons. The van der Waals surface area contributed by atoms with Gasteiger partial charge in [-0.05, 0) is 36.4 Å². The molecule has 0 aliphatic rings. The molecule has 1 heterocycles. The maximum atomic E-state index is 11.6. The molecule has 0 bridgehead atoms. The Kier molecular flexibility index (Phi) is 6.82. The molecule has 28 heavy (non-hydrogen) atoms. The first-order valence-electron chi connectivity index (χ1n) is 8.20. The maximum absolute atomic E-state index is 11.6. The predicted molar refractivity (Wildman–Crippen MR) is 109 cm³/mol. The number of para-hydroxylation sites is 1. The van der Waals surface area contributed by atoms with Crippen molar-refractivity contribution in [2.75, 3.05) is 17.6 Å². The fourth-order valence-corrected chi connectivity index (χ4v) is 3.64. The van der Waals surface area contributed by atoms with Crippen LogP contribution in [0.5, 0.6) is 11.5 Å². The van der Waals surface area contributed by atoms with E-state index in [4.69, 9.17) is 10.5 Å². The molecule has 10 heteroatoms. The number of primary amides is 1. The van der Waals surface area contributed by atoms with Gasteiger partial charge in [-0.2, -0.15) is 0 Å². The van der Waals surface area contributed by atoms with Gasteiger partial charge in [0.05, 0.1) is 12.3 Å². The van der Waals surface area contributed by atoms with Gasteiger partial charge < -0.3 is 21.1 Å². The number of benzene rings is 2. The monoisotopic (exact) mass is 415 g/mol. The lowest BCUT2D eigenvalue weighted by molar-refractivity contribution is -0.123. The number of thioether (sulfide) groups is 1. The van der Waals surface area contributed by atoms with Crippen molar-refractivity contribution >= 4 is 45.7 Å². The highest BCUT2D eigenvalue weighted by molar-refractivity contribution is 8.01. The molecule has 0 fully saturated rings. The summed E-state index contributed by atoms with van der Waals surface area (Å²) in [5.74, 6) is 0.762. The van der Waals surface area contributed by atoms with Gasteiger partial charge in [-0.1, -0.05) is 41.3 Å². The van der Waals surface area contributed by atoms with Crippen LogP contribution in [0.15, 0.2) is 58.9 Å². The van der Waals surface area contributed by atoms with E-state index in [-0.39, 0.29) is 18.2 Å². The summed E-state index contributed by atoms with van der Waals surface area (Å²) in [5.41, 5.74) is 5.82. The fourth-order valence-electron chi connectivity index (χ4n) is 2.04. The van der Waals surface area contributed by atoms with Gasteiger partial charge in [-0.3, -0.25) is 9.59 Å². The highest BCUT2D eigenvalue weighted by atomic mass is 32.2. The van der Waals surface area contributed by atoms with Crippen molar-refractivity contribution in [1.29, 1.82) is 0 Å². The molecular formula is C18H17N5O3S2. The van der Waals surface area contributed by atoms with Gasteiger partial charge in [0.25, 0.3) is 0 Å². The van der Waals surface area contributed by atoms with Crippen molar-refractivity contribution in [3.05, 3.63) is 54.6 Å². The zero-order valence-electron chi connectivity index (χ0n) is 14.6. The summed E-state index contributed by atoms with van der Waals surface area (Å²) >= 11 is 2.56. The second kappa shape index (κ2) is 9.72. The second-order valence-electron chi connectivity index (χ2n) is 5.47. The van der Waals surface area contributed by atoms with Gasteiger partial charge in [0, 0.05) is 5.69 Å². The highest BCUT2D eigenvalue weighted by Crippen LogP contribution is 2.29. The van der Waals surface area contributed by atoms with Crippen LogP contribution in [0.25, 0.3) is 0 Å². The van der Waals surface area contributed by atoms with E-state index in [1.807, 2.05) is 54.6 Å². The average Bonchev–Trinajstić information content (AvgIpc) is 3.14. The Balaban J connectivity index is 1.49. The lowest BCUT2D eigenvalue weighted by Gasteiger charge is -2.06. The average molecular weight is 416 g/mol. The molecule has 0 saturated carbocycles. The van der Waals surface area contributed by atoms with Gasteiger partial charge in [0.1, 0.15) is 11.5 Å². The number of nitrogens with one attached hydrogen (secondary N) is 2. The lowest BCUT2D eigenvalue weighted by atomic mass is 10.3. The van der Waals surface area contributed by atoms with Gasteiger partial charge in [-0.25, -0.2) is 0 Å². The Hall–Kier alpha value is -3.11. The van der Waals surface area contributed by atoms with E-state index in [9.17, 15) is 9.59 Å². The first-order chi connectivity index (χ1) is 13.6. The van der Waals surface area contributed by atoms with Crippen LogP contribution < -0.4 is 21.1 Å². The zero-order valence-corrected chi connectivity index (χ0v) is 16.3. The van der Waals surface area contributed by atoms with E-state index in [1.165, 1.54) is 23.1 Å². The lowest BCUT2D eigenvalue weighted by Crippen LogP contribution is -2.34. The molecule has 144 valence electrons. The third-order valence-electron chi connectivity index (χ3n) is 3.28. The highest BCUT2D eigenvalue weighted by Gasteiger charge is 2.09. The number of rotatable bonds is 9. The Labute approximate surface area is 169 Å². The number of hydrogen-bond donors (Lipinski definition) is 3. The summed E-state index contributed by atoms with van der Waals surface area (Å²) in [4.78, 5) is 22.2. The minimum absolute atomic E-state index is 0.132. The van der Waals surface area contributed by atoms with E-state index >= 15 is 0 Å². The standard InChI is InChI=1S/C18H17N5O3S2/c19-15(24)10-20-16(25)11-27-18-23-22-17(28-18)21-12-6-8-14(9-7-12)26-13-4-2-1-3-5-13/h1-9H,10-11H2,(H2,19,24)(H,20,25)(H,21,22). The molecule has 0 saturated heterocycles. The molecule has 2 amide bonds. The van der Waals surface area contributed by atoms with Crippen LogP contribution in [0.3, 0.4) is 0 Å². The van der Waals surface area contributed by atoms with E-state index in [2.05, 4.69) is 20.8 Å². The largest absolute Gasteiger partial charge is 0.457 e. The van der Waals surface area contributed by atoms with Crippen molar-refractivity contribution in [3.8, 4) is 11.5 Å². The Morgan fingerprint density at radius 2 is 1.75 bits per heavy atom. The minimum atomic E-state index is -0.582. The molecule has 0 aliphatic heterocycles. The number of nitrogens with zero attached hydrogens (tertiary/aromatic N) is 2. The Bertz CT molecular complexity index is 932. The van der Waals surface area contributed by atoms with Gasteiger partial charge >= 0.3 is 0 Å². The fraction of sp³-hybridized carbons (Fsp3) is 0.111. The normalized spacial score (nSPS) is 10.3. The van der Waals surface area contributed by atoms with Crippen molar-refractivity contribution in [3.63, 3.8) is 0 Å². The first-order valence-corrected chi connectivity index (χ1v) is 10.00. The first kappa shape index (κ1) is 19.6. The van der Waals surface area contributed by atoms with Crippen LogP contribution >= 0.6 is 23.1 Å². The number of ether oxygens (including phenoxy) is 1. The minimum Gasteiger partial charge on any atom is -0.457 e. The van der Waals surface area contributed by atoms with E-state index in [0.717, 1.165) is 17.2 Å². The third-order valence-corrected chi connectivity index (χ3v) is 5.25. The van der Waals surface area contributed by atoms with Gasteiger partial charge in [-0.15, -0.1) is 10.2 Å². The molecule has 0 spiro atoms. The van der Waals surface area contributed by atoms with Crippen LogP contribution in [0.2, 0.25) is 0 Å². The zero-order chi connectivity index (χ0) is 19.8. The van der Waals surface area contributed by atoms with Crippen LogP contribution in [-0.2, 0) is 9.59 Å². The summed E-state index contributed by atoms with van der Waals surface area (Å²) in [5, 5.41) is 14.3. The van der Waals surface area contributed by atoms with E-state index < -0.39 is 5.91 Å². The molecule has 3 aromatic rings. The topological polar surface area (TPSA) is 119 Å². The number of anilines is 2. The van der Waals surface area contributed by atoms with Crippen molar-refractivity contribution < 1.29 is 14.3 Å². The number of carbonyl (C=O) groups excluding carboxylic acids is 2. The molecule has 2 aromatic carbocycles. The number of hydrogen-bond acceptors (Lipinski definition) is 8. The molecule has 8 nitrogen and oxygen atoms in total.